The predicted octanol–water partition coefficient (Wildman–Crippen LogP) is 3.12. The summed E-state index contributed by atoms with van der Waals surface area (Å²) in [6.45, 7) is 14.6. The van der Waals surface area contributed by atoms with Crippen LogP contribution >= 0.6 is 0 Å². The minimum atomic E-state index is -0.147. The fourth-order valence-electron chi connectivity index (χ4n) is 2.30. The Balaban J connectivity index is 2.73. The average Bonchev–Trinajstić information content (AvgIpc) is 2.23. The molecular formula is C14H26N2O. The zero-order valence-corrected chi connectivity index (χ0v) is 11.7. The van der Waals surface area contributed by atoms with Crippen LogP contribution in [0.1, 0.15) is 40.5 Å². The van der Waals surface area contributed by atoms with Gasteiger partial charge in [-0.2, -0.15) is 0 Å². The lowest BCUT2D eigenvalue weighted by Crippen LogP contribution is -2.53. The van der Waals surface area contributed by atoms with Gasteiger partial charge in [-0.15, -0.1) is 6.58 Å². The minimum absolute atomic E-state index is 0.147. The Morgan fingerprint density at radius 3 is 2.65 bits per heavy atom. The summed E-state index contributed by atoms with van der Waals surface area (Å²) in [5.74, 6) is 0.623. The zero-order valence-electron chi connectivity index (χ0n) is 11.7. The van der Waals surface area contributed by atoms with Crippen molar-refractivity contribution in [2.75, 3.05) is 19.6 Å². The topological polar surface area (TPSA) is 23.6 Å². The van der Waals surface area contributed by atoms with Crippen molar-refractivity contribution in [3.05, 3.63) is 12.7 Å². The van der Waals surface area contributed by atoms with Crippen LogP contribution in [0, 0.1) is 5.92 Å². The number of nitrogens with zero attached hydrogens (tertiary/aromatic N) is 2. The first-order chi connectivity index (χ1) is 7.86. The van der Waals surface area contributed by atoms with E-state index < -0.39 is 0 Å². The van der Waals surface area contributed by atoms with Crippen LogP contribution in [0.4, 0.5) is 4.79 Å². The first kappa shape index (κ1) is 14.1. The first-order valence-corrected chi connectivity index (χ1v) is 6.53. The molecule has 0 aromatic heterocycles. The van der Waals surface area contributed by atoms with E-state index in [1.54, 1.807) is 6.08 Å². The van der Waals surface area contributed by atoms with Gasteiger partial charge < -0.3 is 9.80 Å². The van der Waals surface area contributed by atoms with Gasteiger partial charge in [0.1, 0.15) is 0 Å². The van der Waals surface area contributed by atoms with Crippen molar-refractivity contribution in [1.82, 2.24) is 9.80 Å². The number of piperidine rings is 1. The maximum atomic E-state index is 12.5. The predicted molar refractivity (Wildman–Crippen MR) is 72.0 cm³/mol. The molecule has 0 spiro atoms. The molecule has 0 bridgehead atoms. The Labute approximate surface area is 105 Å². The maximum Gasteiger partial charge on any atom is 0.320 e. The van der Waals surface area contributed by atoms with Gasteiger partial charge in [0.25, 0.3) is 0 Å². The van der Waals surface area contributed by atoms with Crippen LogP contribution in [0.3, 0.4) is 0 Å². The lowest BCUT2D eigenvalue weighted by molar-refractivity contribution is 0.101. The van der Waals surface area contributed by atoms with Gasteiger partial charge in [0.15, 0.2) is 0 Å². The summed E-state index contributed by atoms with van der Waals surface area (Å²) in [5, 5.41) is 0. The summed E-state index contributed by atoms with van der Waals surface area (Å²) in [7, 11) is 0. The molecule has 1 fully saturated rings. The van der Waals surface area contributed by atoms with Crippen molar-refractivity contribution >= 4 is 6.03 Å². The highest BCUT2D eigenvalue weighted by molar-refractivity contribution is 5.75. The number of amides is 2. The molecule has 0 N–H and O–H groups in total. The zero-order chi connectivity index (χ0) is 13.1. The second-order valence-electron chi connectivity index (χ2n) is 6.05. The molecule has 1 saturated heterocycles. The third kappa shape index (κ3) is 3.76. The van der Waals surface area contributed by atoms with Gasteiger partial charge in [0.05, 0.1) is 0 Å². The second-order valence-corrected chi connectivity index (χ2v) is 6.05. The van der Waals surface area contributed by atoms with Gasteiger partial charge in [-0.3, -0.25) is 0 Å². The Hall–Kier alpha value is -0.990. The summed E-state index contributed by atoms with van der Waals surface area (Å²) < 4.78 is 0. The average molecular weight is 238 g/mol. The lowest BCUT2D eigenvalue weighted by Gasteiger charge is -2.41. The van der Waals surface area contributed by atoms with E-state index in [0.717, 1.165) is 19.5 Å². The monoisotopic (exact) mass is 238 g/mol. The van der Waals surface area contributed by atoms with Crippen molar-refractivity contribution in [3.63, 3.8) is 0 Å². The first-order valence-electron chi connectivity index (χ1n) is 6.53. The molecule has 1 heterocycles. The molecule has 3 heteroatoms. The molecule has 1 atom stereocenters. The third-order valence-electron chi connectivity index (χ3n) is 3.28. The highest BCUT2D eigenvalue weighted by atomic mass is 16.2. The van der Waals surface area contributed by atoms with Crippen molar-refractivity contribution in [3.8, 4) is 0 Å². The molecule has 0 aromatic carbocycles. The molecule has 98 valence electrons. The van der Waals surface area contributed by atoms with Gasteiger partial charge in [0, 0.05) is 25.2 Å². The van der Waals surface area contributed by atoms with Gasteiger partial charge in [-0.25, -0.2) is 4.79 Å². The summed E-state index contributed by atoms with van der Waals surface area (Å²) in [6, 6.07) is 0.156. The smallest absolute Gasteiger partial charge is 0.320 e. The van der Waals surface area contributed by atoms with Crippen LogP contribution in [0.25, 0.3) is 0 Å². The minimum Gasteiger partial charge on any atom is -0.324 e. The fraction of sp³-hybridized carbons (Fsp3) is 0.786. The molecule has 1 rings (SSSR count). The molecule has 1 aliphatic rings. The number of carbonyl (C=O) groups is 1. The van der Waals surface area contributed by atoms with Crippen LogP contribution < -0.4 is 0 Å². The summed E-state index contributed by atoms with van der Waals surface area (Å²) >= 11 is 0. The van der Waals surface area contributed by atoms with E-state index in [1.807, 2.05) is 9.80 Å². The van der Waals surface area contributed by atoms with Crippen LogP contribution in [0.5, 0.6) is 0 Å². The van der Waals surface area contributed by atoms with Crippen LogP contribution in [0.15, 0.2) is 12.7 Å². The third-order valence-corrected chi connectivity index (χ3v) is 3.28. The fourth-order valence-corrected chi connectivity index (χ4v) is 2.30. The normalized spacial score (nSPS) is 21.2. The molecule has 0 saturated carbocycles. The van der Waals surface area contributed by atoms with Crippen molar-refractivity contribution in [2.45, 2.75) is 46.1 Å². The maximum absolute atomic E-state index is 12.5. The van der Waals surface area contributed by atoms with E-state index >= 15 is 0 Å². The van der Waals surface area contributed by atoms with Gasteiger partial charge in [-0.1, -0.05) is 13.0 Å². The van der Waals surface area contributed by atoms with Gasteiger partial charge in [-0.05, 0) is 39.5 Å². The van der Waals surface area contributed by atoms with Gasteiger partial charge in [0.2, 0.25) is 0 Å². The molecule has 3 nitrogen and oxygen atoms in total. The molecule has 1 aliphatic heterocycles. The Morgan fingerprint density at radius 1 is 1.53 bits per heavy atom. The number of hydrogen-bond donors (Lipinski definition) is 0. The summed E-state index contributed by atoms with van der Waals surface area (Å²) in [6.07, 6.45) is 4.16. The largest absolute Gasteiger partial charge is 0.324 e. The van der Waals surface area contributed by atoms with E-state index in [1.165, 1.54) is 6.42 Å². The summed E-state index contributed by atoms with van der Waals surface area (Å²) in [4.78, 5) is 16.4. The quantitative estimate of drug-likeness (QED) is 0.678. The Bertz CT molecular complexity index is 280. The van der Waals surface area contributed by atoms with E-state index in [-0.39, 0.29) is 11.6 Å². The van der Waals surface area contributed by atoms with Crippen LogP contribution in [-0.2, 0) is 0 Å². The molecule has 2 amide bonds. The Kier molecular flexibility index (Phi) is 4.61. The van der Waals surface area contributed by atoms with Crippen molar-refractivity contribution < 1.29 is 4.79 Å². The SMILES string of the molecule is C=CCN(C(=O)N1CCCC(C)C1)C(C)(C)C. The lowest BCUT2D eigenvalue weighted by atomic mass is 10.00. The molecule has 0 radical (unpaired) electrons. The van der Waals surface area contributed by atoms with E-state index in [9.17, 15) is 4.79 Å². The van der Waals surface area contributed by atoms with Crippen LogP contribution in [-0.4, -0.2) is 41.0 Å². The molecule has 0 aromatic rings. The number of likely N-dealkylation sites (tertiary alicyclic amines) is 1. The van der Waals surface area contributed by atoms with E-state index in [0.29, 0.717) is 12.5 Å². The van der Waals surface area contributed by atoms with Crippen molar-refractivity contribution in [1.29, 1.82) is 0 Å². The summed E-state index contributed by atoms with van der Waals surface area (Å²) in [5.41, 5.74) is -0.147. The number of rotatable bonds is 2. The van der Waals surface area contributed by atoms with E-state index in [2.05, 4.69) is 34.3 Å². The van der Waals surface area contributed by atoms with Crippen LogP contribution in [0.2, 0.25) is 0 Å². The molecule has 17 heavy (non-hydrogen) atoms. The molecular weight excluding hydrogens is 212 g/mol. The van der Waals surface area contributed by atoms with Crippen molar-refractivity contribution in [2.24, 2.45) is 5.92 Å². The number of urea groups is 1. The second kappa shape index (κ2) is 5.56. The van der Waals surface area contributed by atoms with Gasteiger partial charge >= 0.3 is 6.03 Å². The molecule has 0 aliphatic carbocycles. The highest BCUT2D eigenvalue weighted by Gasteiger charge is 2.30. The molecule has 1 unspecified atom stereocenters. The highest BCUT2D eigenvalue weighted by Crippen LogP contribution is 2.21. The standard InChI is InChI=1S/C14H26N2O/c1-6-9-16(14(3,4)5)13(17)15-10-7-8-12(2)11-15/h6,12H,1,7-11H2,2-5H3. The van der Waals surface area contributed by atoms with E-state index in [4.69, 9.17) is 0 Å². The number of carbonyl (C=O) groups excluding carboxylic acids is 1. The Morgan fingerprint density at radius 2 is 2.18 bits per heavy atom. The number of hydrogen-bond acceptors (Lipinski definition) is 1.